The molecule has 2 heteroatoms. The maximum Gasteiger partial charge on any atom is 0.168 e. The molecule has 1 atom stereocenters. The van der Waals surface area contributed by atoms with Gasteiger partial charge in [-0.05, 0) is 12.0 Å². The summed E-state index contributed by atoms with van der Waals surface area (Å²) in [5, 5.41) is 0. The molecule has 2 nitrogen and oxygen atoms in total. The molecule has 0 radical (unpaired) electrons. The van der Waals surface area contributed by atoms with Gasteiger partial charge in [0.2, 0.25) is 0 Å². The van der Waals surface area contributed by atoms with Gasteiger partial charge >= 0.3 is 0 Å². The molecule has 0 N–H and O–H groups in total. The molecule has 1 aromatic carbocycles. The fraction of sp³-hybridized carbons (Fsp3) is 0.250. The Kier molecular flexibility index (Phi) is 2.71. The monoisotopic (exact) mass is 240 g/mol. The molecule has 0 saturated heterocycles. The van der Waals surface area contributed by atoms with Crippen molar-refractivity contribution in [2.75, 3.05) is 14.2 Å². The minimum Gasteiger partial charge on any atom is -0.493 e. The van der Waals surface area contributed by atoms with Gasteiger partial charge < -0.3 is 9.47 Å². The first-order chi connectivity index (χ1) is 8.86. The van der Waals surface area contributed by atoms with Crippen molar-refractivity contribution < 1.29 is 9.47 Å². The normalized spacial score (nSPS) is 21.0. The molecule has 0 spiro atoms. The first-order valence-electron chi connectivity index (χ1n) is 6.15. The molecular formula is C16H16O2. The van der Waals surface area contributed by atoms with E-state index in [1.165, 1.54) is 11.1 Å². The smallest absolute Gasteiger partial charge is 0.168 e. The van der Waals surface area contributed by atoms with E-state index >= 15 is 0 Å². The van der Waals surface area contributed by atoms with Gasteiger partial charge in [0.05, 0.1) is 14.2 Å². The van der Waals surface area contributed by atoms with Crippen LogP contribution in [0, 0.1) is 0 Å². The van der Waals surface area contributed by atoms with E-state index in [0.29, 0.717) is 5.92 Å². The van der Waals surface area contributed by atoms with Gasteiger partial charge in [0, 0.05) is 17.1 Å². The summed E-state index contributed by atoms with van der Waals surface area (Å²) in [5.74, 6) is 2.09. The summed E-state index contributed by atoms with van der Waals surface area (Å²) < 4.78 is 11.1. The Bertz CT molecular complexity index is 564. The van der Waals surface area contributed by atoms with E-state index in [9.17, 15) is 0 Å². The highest BCUT2D eigenvalue weighted by molar-refractivity contribution is 5.74. The van der Waals surface area contributed by atoms with E-state index in [0.717, 1.165) is 23.5 Å². The molecule has 18 heavy (non-hydrogen) atoms. The van der Waals surface area contributed by atoms with E-state index in [-0.39, 0.29) is 0 Å². The number of fused-ring (bicyclic) bond motifs is 3. The Morgan fingerprint density at radius 1 is 1.06 bits per heavy atom. The van der Waals surface area contributed by atoms with Gasteiger partial charge in [-0.25, -0.2) is 0 Å². The van der Waals surface area contributed by atoms with Gasteiger partial charge in [0.15, 0.2) is 11.5 Å². The lowest BCUT2D eigenvalue weighted by Gasteiger charge is -2.31. The van der Waals surface area contributed by atoms with Crippen LogP contribution in [0.1, 0.15) is 23.5 Å². The number of ether oxygens (including phenoxy) is 2. The van der Waals surface area contributed by atoms with Crippen LogP contribution in [0.3, 0.4) is 0 Å². The Labute approximate surface area is 107 Å². The van der Waals surface area contributed by atoms with Crippen molar-refractivity contribution in [3.8, 4) is 0 Å². The standard InChI is InChI=1S/C16H16O2/c1-17-15-13-9-5-3-7-11(13)12-8-4-6-10-14(12)16(15)18-2/h3-7,9-10,12H,8H2,1-2H3. The molecule has 0 amide bonds. The van der Waals surface area contributed by atoms with Crippen molar-refractivity contribution in [3.05, 3.63) is 65.0 Å². The second kappa shape index (κ2) is 4.37. The zero-order valence-corrected chi connectivity index (χ0v) is 10.6. The van der Waals surface area contributed by atoms with Crippen LogP contribution in [0.25, 0.3) is 5.76 Å². The van der Waals surface area contributed by atoms with Gasteiger partial charge in [-0.3, -0.25) is 0 Å². The van der Waals surface area contributed by atoms with Gasteiger partial charge in [-0.15, -0.1) is 0 Å². The average Bonchev–Trinajstić information content (AvgIpc) is 2.45. The van der Waals surface area contributed by atoms with Gasteiger partial charge in [-0.2, -0.15) is 0 Å². The first-order valence-corrected chi connectivity index (χ1v) is 6.15. The molecule has 0 saturated carbocycles. The molecule has 0 fully saturated rings. The largest absolute Gasteiger partial charge is 0.493 e. The lowest BCUT2D eigenvalue weighted by Crippen LogP contribution is -2.17. The van der Waals surface area contributed by atoms with E-state index in [1.807, 2.05) is 6.07 Å². The number of rotatable bonds is 2. The maximum absolute atomic E-state index is 5.57. The summed E-state index contributed by atoms with van der Waals surface area (Å²) in [6.07, 6.45) is 7.44. The topological polar surface area (TPSA) is 18.5 Å². The highest BCUT2D eigenvalue weighted by atomic mass is 16.5. The number of methoxy groups -OCH3 is 2. The molecular weight excluding hydrogens is 224 g/mol. The molecule has 1 unspecified atom stereocenters. The zero-order valence-electron chi connectivity index (χ0n) is 10.6. The number of benzene rings is 1. The van der Waals surface area contributed by atoms with E-state index in [4.69, 9.17) is 9.47 Å². The number of allylic oxidation sites excluding steroid dienone is 4. The Hall–Kier alpha value is -1.96. The summed E-state index contributed by atoms with van der Waals surface area (Å²) in [6, 6.07) is 8.40. The Morgan fingerprint density at radius 3 is 2.61 bits per heavy atom. The molecule has 3 rings (SSSR count). The third-order valence-electron chi connectivity index (χ3n) is 3.62. The Morgan fingerprint density at radius 2 is 1.83 bits per heavy atom. The SMILES string of the molecule is COC1=C(OC)c2ccccc2C2CC=CC=C12. The predicted molar refractivity (Wildman–Crippen MR) is 72.0 cm³/mol. The summed E-state index contributed by atoms with van der Waals surface area (Å²) in [5.41, 5.74) is 3.69. The van der Waals surface area contributed by atoms with Crippen molar-refractivity contribution in [2.45, 2.75) is 12.3 Å². The minimum absolute atomic E-state index is 0.389. The summed E-state index contributed by atoms with van der Waals surface area (Å²) in [4.78, 5) is 0. The summed E-state index contributed by atoms with van der Waals surface area (Å²) in [6.45, 7) is 0. The fourth-order valence-corrected chi connectivity index (χ4v) is 2.83. The first kappa shape index (κ1) is 11.1. The van der Waals surface area contributed by atoms with Crippen LogP contribution in [-0.4, -0.2) is 14.2 Å². The fourth-order valence-electron chi connectivity index (χ4n) is 2.83. The molecule has 0 heterocycles. The summed E-state index contributed by atoms with van der Waals surface area (Å²) in [7, 11) is 3.41. The second-order valence-electron chi connectivity index (χ2n) is 4.49. The minimum atomic E-state index is 0.389. The lowest BCUT2D eigenvalue weighted by molar-refractivity contribution is 0.266. The molecule has 92 valence electrons. The third-order valence-corrected chi connectivity index (χ3v) is 3.62. The van der Waals surface area contributed by atoms with Crippen LogP contribution in [0.5, 0.6) is 0 Å². The van der Waals surface area contributed by atoms with Gasteiger partial charge in [0.25, 0.3) is 0 Å². The van der Waals surface area contributed by atoms with Crippen LogP contribution in [-0.2, 0) is 9.47 Å². The predicted octanol–water partition coefficient (Wildman–Crippen LogP) is 3.63. The number of hydrogen-bond donors (Lipinski definition) is 0. The van der Waals surface area contributed by atoms with E-state index in [1.54, 1.807) is 14.2 Å². The van der Waals surface area contributed by atoms with Crippen LogP contribution in [0.2, 0.25) is 0 Å². The number of hydrogen-bond acceptors (Lipinski definition) is 2. The van der Waals surface area contributed by atoms with Crippen LogP contribution >= 0.6 is 0 Å². The lowest BCUT2D eigenvalue weighted by atomic mass is 9.77. The zero-order chi connectivity index (χ0) is 12.5. The third kappa shape index (κ3) is 1.49. The van der Waals surface area contributed by atoms with Crippen molar-refractivity contribution >= 4 is 5.76 Å². The van der Waals surface area contributed by atoms with E-state index in [2.05, 4.69) is 36.4 Å². The highest BCUT2D eigenvalue weighted by Gasteiger charge is 2.32. The van der Waals surface area contributed by atoms with Crippen molar-refractivity contribution in [2.24, 2.45) is 0 Å². The second-order valence-corrected chi connectivity index (χ2v) is 4.49. The van der Waals surface area contributed by atoms with Crippen LogP contribution in [0.4, 0.5) is 0 Å². The molecule has 1 aromatic rings. The average molecular weight is 240 g/mol. The van der Waals surface area contributed by atoms with E-state index < -0.39 is 0 Å². The van der Waals surface area contributed by atoms with Crippen molar-refractivity contribution in [1.82, 2.24) is 0 Å². The maximum atomic E-state index is 5.57. The molecule has 0 bridgehead atoms. The molecule has 0 aromatic heterocycles. The van der Waals surface area contributed by atoms with Gasteiger partial charge in [-0.1, -0.05) is 42.5 Å². The summed E-state index contributed by atoms with van der Waals surface area (Å²) >= 11 is 0. The highest BCUT2D eigenvalue weighted by Crippen LogP contribution is 2.45. The molecule has 0 aliphatic heterocycles. The van der Waals surface area contributed by atoms with Crippen LogP contribution in [0.15, 0.2) is 53.8 Å². The van der Waals surface area contributed by atoms with Gasteiger partial charge in [0.1, 0.15) is 0 Å². The Balaban J connectivity index is 2.28. The van der Waals surface area contributed by atoms with Crippen molar-refractivity contribution in [3.63, 3.8) is 0 Å². The van der Waals surface area contributed by atoms with Crippen LogP contribution < -0.4 is 0 Å². The quantitative estimate of drug-likeness (QED) is 0.786. The molecule has 2 aliphatic carbocycles. The van der Waals surface area contributed by atoms with Crippen molar-refractivity contribution in [1.29, 1.82) is 0 Å². The molecule has 2 aliphatic rings.